The van der Waals surface area contributed by atoms with Crippen LogP contribution in [0.15, 0.2) is 35.4 Å². The van der Waals surface area contributed by atoms with Gasteiger partial charge in [0, 0.05) is 11.6 Å². The van der Waals surface area contributed by atoms with E-state index in [1.807, 2.05) is 0 Å². The van der Waals surface area contributed by atoms with Gasteiger partial charge in [-0.2, -0.15) is 5.10 Å². The molecule has 0 saturated carbocycles. The monoisotopic (exact) mass is 403 g/mol. The molecule has 0 bridgehead atoms. The molecule has 0 aliphatic rings. The van der Waals surface area contributed by atoms with Crippen molar-refractivity contribution in [3.63, 3.8) is 0 Å². The molecular weight excluding hydrogens is 382 g/mol. The highest BCUT2D eigenvalue weighted by Crippen LogP contribution is 2.36. The van der Waals surface area contributed by atoms with Gasteiger partial charge in [-0.1, -0.05) is 6.07 Å². The highest BCUT2D eigenvalue weighted by molar-refractivity contribution is 5.85. The number of rotatable bonds is 9. The second-order valence-electron chi connectivity index (χ2n) is 5.74. The fraction of sp³-hybridized carbons (Fsp3) is 0.263. The maximum absolute atomic E-state index is 12.1. The smallest absolute Gasteiger partial charge is 0.315 e. The normalized spacial score (nSPS) is 10.6. The summed E-state index contributed by atoms with van der Waals surface area (Å²) in [7, 11) is 3.02. The number of carbonyl (C=O) groups excluding carboxylic acids is 1. The molecule has 2 aromatic carbocycles. The summed E-state index contributed by atoms with van der Waals surface area (Å²) >= 11 is 0. The van der Waals surface area contributed by atoms with E-state index in [1.54, 1.807) is 25.1 Å². The SMILES string of the molecule is CCOc1cc(/C=N/NC(=O)Cc2ccc(OC)c(OC)c2)cc([N+](=O)[O-])c1O. The lowest BCUT2D eigenvalue weighted by Crippen LogP contribution is -2.19. The highest BCUT2D eigenvalue weighted by Gasteiger charge is 2.19. The largest absolute Gasteiger partial charge is 0.500 e. The van der Waals surface area contributed by atoms with Crippen LogP contribution >= 0.6 is 0 Å². The van der Waals surface area contributed by atoms with E-state index in [1.165, 1.54) is 26.5 Å². The number of nitro groups is 1. The zero-order valence-electron chi connectivity index (χ0n) is 16.2. The average molecular weight is 403 g/mol. The first-order valence-electron chi connectivity index (χ1n) is 8.56. The van der Waals surface area contributed by atoms with Crippen molar-refractivity contribution in [3.8, 4) is 23.0 Å². The first-order chi connectivity index (χ1) is 13.9. The number of hydrogen-bond donors (Lipinski definition) is 2. The maximum atomic E-state index is 12.1. The Kier molecular flexibility index (Phi) is 7.35. The Balaban J connectivity index is 2.09. The fourth-order valence-electron chi connectivity index (χ4n) is 2.49. The highest BCUT2D eigenvalue weighted by atomic mass is 16.6. The van der Waals surface area contributed by atoms with E-state index >= 15 is 0 Å². The molecule has 0 radical (unpaired) electrons. The van der Waals surface area contributed by atoms with Crippen LogP contribution in [-0.4, -0.2) is 43.0 Å². The summed E-state index contributed by atoms with van der Waals surface area (Å²) in [6.45, 7) is 1.90. The molecular formula is C19H21N3O7. The van der Waals surface area contributed by atoms with Crippen LogP contribution in [0.2, 0.25) is 0 Å². The number of hydrazone groups is 1. The van der Waals surface area contributed by atoms with Crippen LogP contribution in [0.3, 0.4) is 0 Å². The summed E-state index contributed by atoms with van der Waals surface area (Å²) in [6, 6.07) is 7.61. The van der Waals surface area contributed by atoms with Crippen molar-refractivity contribution in [2.75, 3.05) is 20.8 Å². The molecule has 1 amide bonds. The number of aromatic hydroxyl groups is 1. The molecule has 0 spiro atoms. The Morgan fingerprint density at radius 3 is 2.55 bits per heavy atom. The maximum Gasteiger partial charge on any atom is 0.315 e. The molecule has 0 saturated heterocycles. The van der Waals surface area contributed by atoms with Gasteiger partial charge in [-0.05, 0) is 30.7 Å². The van der Waals surface area contributed by atoms with Crippen LogP contribution in [-0.2, 0) is 11.2 Å². The Hall–Kier alpha value is -3.82. The van der Waals surface area contributed by atoms with E-state index in [0.29, 0.717) is 17.1 Å². The minimum absolute atomic E-state index is 0.0393. The number of benzene rings is 2. The van der Waals surface area contributed by atoms with Gasteiger partial charge in [-0.15, -0.1) is 0 Å². The zero-order chi connectivity index (χ0) is 21.4. The lowest BCUT2D eigenvalue weighted by molar-refractivity contribution is -0.386. The van der Waals surface area contributed by atoms with Crippen LogP contribution in [0.4, 0.5) is 5.69 Å². The summed E-state index contributed by atoms with van der Waals surface area (Å²) < 4.78 is 15.5. The lowest BCUT2D eigenvalue weighted by Gasteiger charge is -2.09. The number of phenols is 1. The predicted molar refractivity (Wildman–Crippen MR) is 105 cm³/mol. The predicted octanol–water partition coefficient (Wildman–Crippen LogP) is 2.41. The van der Waals surface area contributed by atoms with Gasteiger partial charge in [-0.25, -0.2) is 5.43 Å². The average Bonchev–Trinajstić information content (AvgIpc) is 2.69. The lowest BCUT2D eigenvalue weighted by atomic mass is 10.1. The van der Waals surface area contributed by atoms with Gasteiger partial charge in [0.2, 0.25) is 11.7 Å². The molecule has 154 valence electrons. The Bertz CT molecular complexity index is 928. The fourth-order valence-corrected chi connectivity index (χ4v) is 2.49. The Morgan fingerprint density at radius 2 is 1.93 bits per heavy atom. The first-order valence-corrected chi connectivity index (χ1v) is 8.56. The first kappa shape index (κ1) is 21.5. The molecule has 0 aliphatic carbocycles. The van der Waals surface area contributed by atoms with Crippen molar-refractivity contribution in [2.45, 2.75) is 13.3 Å². The molecule has 29 heavy (non-hydrogen) atoms. The van der Waals surface area contributed by atoms with Crippen molar-refractivity contribution in [1.29, 1.82) is 0 Å². The van der Waals surface area contributed by atoms with Crippen LogP contribution in [0.1, 0.15) is 18.1 Å². The van der Waals surface area contributed by atoms with Gasteiger partial charge in [0.15, 0.2) is 17.2 Å². The van der Waals surface area contributed by atoms with E-state index in [9.17, 15) is 20.0 Å². The van der Waals surface area contributed by atoms with Gasteiger partial charge in [0.05, 0.1) is 38.4 Å². The van der Waals surface area contributed by atoms with Crippen LogP contribution in [0.25, 0.3) is 0 Å². The van der Waals surface area contributed by atoms with Gasteiger partial charge in [-0.3, -0.25) is 14.9 Å². The minimum Gasteiger partial charge on any atom is -0.500 e. The second-order valence-corrected chi connectivity index (χ2v) is 5.74. The number of carbonyl (C=O) groups is 1. The Morgan fingerprint density at radius 1 is 1.21 bits per heavy atom. The molecule has 0 fully saturated rings. The van der Waals surface area contributed by atoms with Crippen molar-refractivity contribution >= 4 is 17.8 Å². The third-order valence-corrected chi connectivity index (χ3v) is 3.79. The van der Waals surface area contributed by atoms with Crippen LogP contribution in [0.5, 0.6) is 23.0 Å². The van der Waals surface area contributed by atoms with Crippen molar-refractivity contribution in [2.24, 2.45) is 5.10 Å². The van der Waals surface area contributed by atoms with Crippen LogP contribution < -0.4 is 19.6 Å². The van der Waals surface area contributed by atoms with Crippen molar-refractivity contribution in [3.05, 3.63) is 51.6 Å². The Labute approximate surface area is 166 Å². The van der Waals surface area contributed by atoms with E-state index in [-0.39, 0.29) is 24.3 Å². The number of phenolic OH excluding ortho intramolecular Hbond substituents is 1. The summed E-state index contributed by atoms with van der Waals surface area (Å²) in [5.74, 6) is 0.0490. The molecule has 2 N–H and O–H groups in total. The minimum atomic E-state index is -0.731. The molecule has 0 atom stereocenters. The summed E-state index contributed by atoms with van der Waals surface area (Å²) in [5.41, 5.74) is 2.80. The number of nitro benzene ring substituents is 1. The van der Waals surface area contributed by atoms with Gasteiger partial charge >= 0.3 is 5.69 Å². The number of nitrogens with zero attached hydrogens (tertiary/aromatic N) is 2. The number of amides is 1. The van der Waals surface area contributed by atoms with Gasteiger partial charge in [0.1, 0.15) is 0 Å². The standard InChI is InChI=1S/C19H21N3O7/c1-4-29-17-9-13(7-14(19(17)24)22(25)26)11-20-21-18(23)10-12-5-6-15(27-2)16(8-12)28-3/h5-9,11,24H,4,10H2,1-3H3,(H,21,23)/b20-11+. The van der Waals surface area contributed by atoms with E-state index in [0.717, 1.165) is 6.07 Å². The summed E-state index contributed by atoms with van der Waals surface area (Å²) in [5, 5.41) is 24.7. The summed E-state index contributed by atoms with van der Waals surface area (Å²) in [4.78, 5) is 22.4. The van der Waals surface area contributed by atoms with E-state index in [2.05, 4.69) is 10.5 Å². The quantitative estimate of drug-likeness (QED) is 0.373. The molecule has 10 heteroatoms. The molecule has 2 aromatic rings. The summed E-state index contributed by atoms with van der Waals surface area (Å²) in [6.07, 6.45) is 1.26. The topological polar surface area (TPSA) is 133 Å². The molecule has 2 rings (SSSR count). The number of methoxy groups -OCH3 is 2. The molecule has 0 aliphatic heterocycles. The van der Waals surface area contributed by atoms with Crippen molar-refractivity contribution < 1.29 is 29.0 Å². The molecule has 0 aromatic heterocycles. The number of hydrogen-bond acceptors (Lipinski definition) is 8. The van der Waals surface area contributed by atoms with Crippen LogP contribution in [0, 0.1) is 10.1 Å². The third-order valence-electron chi connectivity index (χ3n) is 3.79. The number of ether oxygens (including phenoxy) is 3. The molecule has 0 unspecified atom stereocenters. The second kappa shape index (κ2) is 9.93. The molecule has 0 heterocycles. The molecule has 10 nitrogen and oxygen atoms in total. The third kappa shape index (κ3) is 5.58. The van der Waals surface area contributed by atoms with E-state index in [4.69, 9.17) is 14.2 Å². The number of nitrogens with one attached hydrogen (secondary N) is 1. The van der Waals surface area contributed by atoms with Gasteiger partial charge < -0.3 is 19.3 Å². The van der Waals surface area contributed by atoms with E-state index < -0.39 is 22.3 Å². The van der Waals surface area contributed by atoms with Crippen molar-refractivity contribution in [1.82, 2.24) is 5.43 Å². The zero-order valence-corrected chi connectivity index (χ0v) is 16.2. The van der Waals surface area contributed by atoms with Gasteiger partial charge in [0.25, 0.3) is 0 Å².